The Labute approximate surface area is 142 Å². The molecule has 0 saturated heterocycles. The van der Waals surface area contributed by atoms with Crippen LogP contribution in [0.25, 0.3) is 5.69 Å². The first-order valence-electron chi connectivity index (χ1n) is 8.85. The quantitative estimate of drug-likeness (QED) is 0.911. The second-order valence-electron chi connectivity index (χ2n) is 7.21. The summed E-state index contributed by atoms with van der Waals surface area (Å²) in [7, 11) is 0. The highest BCUT2D eigenvalue weighted by molar-refractivity contribution is 5.92. The zero-order valence-electron chi connectivity index (χ0n) is 13.8. The number of nitrogens with one attached hydrogen (secondary N) is 1. The molecule has 0 aliphatic heterocycles. The number of nitrogens with two attached hydrogens (primary N) is 1. The van der Waals surface area contributed by atoms with Gasteiger partial charge in [0, 0.05) is 35.7 Å². The van der Waals surface area contributed by atoms with Crippen molar-refractivity contribution in [2.45, 2.75) is 38.1 Å². The Morgan fingerprint density at radius 2 is 2.04 bits per heavy atom. The number of benzene rings is 1. The van der Waals surface area contributed by atoms with Crippen LogP contribution in [0.4, 0.5) is 5.69 Å². The minimum atomic E-state index is 0.0944. The van der Waals surface area contributed by atoms with Gasteiger partial charge in [0.15, 0.2) is 0 Å². The Kier molecular flexibility index (Phi) is 4.10. The van der Waals surface area contributed by atoms with Crippen LogP contribution in [0.3, 0.4) is 0 Å². The lowest BCUT2D eigenvalue weighted by molar-refractivity contribution is -0.122. The van der Waals surface area contributed by atoms with Gasteiger partial charge < -0.3 is 15.6 Å². The number of hydrogen-bond donors (Lipinski definition) is 2. The largest absolute Gasteiger partial charge is 0.327 e. The maximum absolute atomic E-state index is 12.7. The monoisotopic (exact) mass is 324 g/mol. The predicted molar refractivity (Wildman–Crippen MR) is 93.7 cm³/mol. The van der Waals surface area contributed by atoms with Crippen LogP contribution in [-0.4, -0.2) is 21.5 Å². The second kappa shape index (κ2) is 6.40. The van der Waals surface area contributed by atoms with Crippen molar-refractivity contribution in [2.75, 3.05) is 5.32 Å². The lowest BCUT2D eigenvalue weighted by Crippen LogP contribution is -2.48. The topological polar surface area (TPSA) is 72.9 Å². The molecular formula is C19H24N4O. The summed E-state index contributed by atoms with van der Waals surface area (Å²) in [6.45, 7) is 0. The van der Waals surface area contributed by atoms with Gasteiger partial charge in [-0.3, -0.25) is 4.79 Å². The van der Waals surface area contributed by atoms with E-state index in [2.05, 4.69) is 10.3 Å². The fourth-order valence-corrected chi connectivity index (χ4v) is 4.40. The second-order valence-corrected chi connectivity index (χ2v) is 7.21. The molecule has 0 radical (unpaired) electrons. The SMILES string of the molecule is NC1C2CCCC1CC(C(=O)Nc1cccc(-n3ccnc3)c1)C2. The zero-order valence-corrected chi connectivity index (χ0v) is 13.8. The Bertz CT molecular complexity index is 698. The van der Waals surface area contributed by atoms with Crippen LogP contribution < -0.4 is 11.1 Å². The fourth-order valence-electron chi connectivity index (χ4n) is 4.40. The third kappa shape index (κ3) is 2.96. The van der Waals surface area contributed by atoms with Crippen LogP contribution in [0.5, 0.6) is 0 Å². The number of nitrogens with zero attached hydrogens (tertiary/aromatic N) is 2. The van der Waals surface area contributed by atoms with E-state index < -0.39 is 0 Å². The molecule has 1 aromatic carbocycles. The number of anilines is 1. The molecule has 2 atom stereocenters. The standard InChI is InChI=1S/C19H24N4O/c20-18-13-3-1-4-14(18)10-15(9-13)19(24)22-16-5-2-6-17(11-16)23-8-7-21-12-23/h2,5-8,11-15,18H,1,3-4,9-10,20H2,(H,22,24). The van der Waals surface area contributed by atoms with Gasteiger partial charge in [0.05, 0.1) is 6.33 Å². The molecule has 1 amide bonds. The Morgan fingerprint density at radius 1 is 1.25 bits per heavy atom. The maximum atomic E-state index is 12.7. The van der Waals surface area contributed by atoms with Gasteiger partial charge in [-0.05, 0) is 55.7 Å². The van der Waals surface area contributed by atoms with Crippen molar-refractivity contribution in [3.05, 3.63) is 43.0 Å². The average Bonchev–Trinajstić information content (AvgIpc) is 3.09. The van der Waals surface area contributed by atoms with Crippen molar-refractivity contribution >= 4 is 11.6 Å². The van der Waals surface area contributed by atoms with Gasteiger partial charge in [0.2, 0.25) is 5.91 Å². The van der Waals surface area contributed by atoms with Crippen molar-refractivity contribution in [3.63, 3.8) is 0 Å². The number of hydrogen-bond acceptors (Lipinski definition) is 3. The first-order valence-corrected chi connectivity index (χ1v) is 8.85. The van der Waals surface area contributed by atoms with Gasteiger partial charge in [-0.1, -0.05) is 12.5 Å². The molecule has 1 aromatic heterocycles. The molecule has 4 rings (SSSR count). The van der Waals surface area contributed by atoms with E-state index in [9.17, 15) is 4.79 Å². The molecule has 2 unspecified atom stereocenters. The van der Waals surface area contributed by atoms with E-state index in [1.54, 1.807) is 12.5 Å². The summed E-state index contributed by atoms with van der Waals surface area (Å²) in [4.78, 5) is 16.8. The van der Waals surface area contributed by atoms with Crippen molar-refractivity contribution in [3.8, 4) is 5.69 Å². The highest BCUT2D eigenvalue weighted by Gasteiger charge is 2.40. The molecule has 126 valence electrons. The van der Waals surface area contributed by atoms with Crippen LogP contribution >= 0.6 is 0 Å². The summed E-state index contributed by atoms with van der Waals surface area (Å²) in [5.74, 6) is 1.27. The smallest absolute Gasteiger partial charge is 0.227 e. The van der Waals surface area contributed by atoms with Crippen molar-refractivity contribution in [1.29, 1.82) is 0 Å². The van der Waals surface area contributed by atoms with Crippen LogP contribution in [-0.2, 0) is 4.79 Å². The number of rotatable bonds is 3. The molecule has 0 spiro atoms. The highest BCUT2D eigenvalue weighted by Crippen LogP contribution is 2.42. The van der Waals surface area contributed by atoms with Crippen molar-refractivity contribution < 1.29 is 4.79 Å². The first kappa shape index (κ1) is 15.4. The van der Waals surface area contributed by atoms with Gasteiger partial charge in [-0.15, -0.1) is 0 Å². The summed E-state index contributed by atoms with van der Waals surface area (Å²) in [5, 5.41) is 3.10. The number of carbonyl (C=O) groups is 1. The van der Waals surface area contributed by atoms with Crippen LogP contribution in [0, 0.1) is 17.8 Å². The summed E-state index contributed by atoms with van der Waals surface area (Å²) < 4.78 is 1.93. The summed E-state index contributed by atoms with van der Waals surface area (Å²) in [5.41, 5.74) is 8.17. The Morgan fingerprint density at radius 3 is 2.75 bits per heavy atom. The van der Waals surface area contributed by atoms with E-state index in [1.165, 1.54) is 19.3 Å². The van der Waals surface area contributed by atoms with Gasteiger partial charge >= 0.3 is 0 Å². The van der Waals surface area contributed by atoms with Gasteiger partial charge in [0.25, 0.3) is 0 Å². The fraction of sp³-hybridized carbons (Fsp3) is 0.474. The Hall–Kier alpha value is -2.14. The molecule has 2 bridgehead atoms. The number of imidazole rings is 1. The molecule has 5 heteroatoms. The number of aromatic nitrogens is 2. The van der Waals surface area contributed by atoms with E-state index >= 15 is 0 Å². The van der Waals surface area contributed by atoms with E-state index in [4.69, 9.17) is 5.73 Å². The molecule has 2 aliphatic rings. The van der Waals surface area contributed by atoms with Crippen molar-refractivity contribution in [1.82, 2.24) is 9.55 Å². The number of amides is 1. The van der Waals surface area contributed by atoms with Crippen LogP contribution in [0.1, 0.15) is 32.1 Å². The lowest BCUT2D eigenvalue weighted by Gasteiger charge is -2.43. The highest BCUT2D eigenvalue weighted by atomic mass is 16.1. The third-order valence-electron chi connectivity index (χ3n) is 5.70. The predicted octanol–water partition coefficient (Wildman–Crippen LogP) is 2.96. The van der Waals surface area contributed by atoms with E-state index in [0.29, 0.717) is 17.9 Å². The molecule has 2 fully saturated rings. The Balaban J connectivity index is 1.46. The van der Waals surface area contributed by atoms with E-state index in [0.717, 1.165) is 24.2 Å². The average molecular weight is 324 g/mol. The minimum Gasteiger partial charge on any atom is -0.327 e. The molecule has 3 N–H and O–H groups in total. The minimum absolute atomic E-state index is 0.0944. The van der Waals surface area contributed by atoms with Gasteiger partial charge in [0.1, 0.15) is 0 Å². The summed E-state index contributed by atoms with van der Waals surface area (Å²) >= 11 is 0. The summed E-state index contributed by atoms with van der Waals surface area (Å²) in [6, 6.07) is 8.17. The summed E-state index contributed by atoms with van der Waals surface area (Å²) in [6.07, 6.45) is 10.9. The first-order chi connectivity index (χ1) is 11.7. The molecule has 24 heavy (non-hydrogen) atoms. The third-order valence-corrected chi connectivity index (χ3v) is 5.70. The van der Waals surface area contributed by atoms with E-state index in [1.807, 2.05) is 35.0 Å². The van der Waals surface area contributed by atoms with Gasteiger partial charge in [-0.25, -0.2) is 4.98 Å². The normalized spacial score (nSPS) is 29.2. The molecule has 2 saturated carbocycles. The van der Waals surface area contributed by atoms with Crippen molar-refractivity contribution in [2.24, 2.45) is 23.5 Å². The molecule has 5 nitrogen and oxygen atoms in total. The van der Waals surface area contributed by atoms with Gasteiger partial charge in [-0.2, -0.15) is 0 Å². The zero-order chi connectivity index (χ0) is 16.5. The van der Waals surface area contributed by atoms with Crippen LogP contribution in [0.2, 0.25) is 0 Å². The van der Waals surface area contributed by atoms with Crippen LogP contribution in [0.15, 0.2) is 43.0 Å². The van der Waals surface area contributed by atoms with E-state index in [-0.39, 0.29) is 11.8 Å². The molecule has 2 aromatic rings. The molecular weight excluding hydrogens is 300 g/mol. The number of carbonyl (C=O) groups excluding carboxylic acids is 1. The lowest BCUT2D eigenvalue weighted by atomic mass is 9.65. The number of fused-ring (bicyclic) bond motifs is 2. The maximum Gasteiger partial charge on any atom is 0.227 e. The molecule has 2 aliphatic carbocycles. The molecule has 1 heterocycles.